The second-order valence-corrected chi connectivity index (χ2v) is 9.16. The molecule has 4 rings (SSSR count). The number of amides is 2. The van der Waals surface area contributed by atoms with E-state index in [0.717, 1.165) is 21.2 Å². The number of carbonyl (C=O) groups excluding carboxylic acids is 3. The molecule has 0 aliphatic rings. The van der Waals surface area contributed by atoms with Crippen molar-refractivity contribution in [1.29, 1.82) is 0 Å². The molecule has 2 N–H and O–H groups in total. The molecular formula is C27H23BrN4O3. The van der Waals surface area contributed by atoms with Crippen LogP contribution in [0.25, 0.3) is 11.0 Å². The van der Waals surface area contributed by atoms with E-state index in [1.54, 1.807) is 30.3 Å². The van der Waals surface area contributed by atoms with E-state index in [0.29, 0.717) is 22.4 Å². The Labute approximate surface area is 211 Å². The van der Waals surface area contributed by atoms with Crippen molar-refractivity contribution in [3.8, 4) is 0 Å². The van der Waals surface area contributed by atoms with Gasteiger partial charge < -0.3 is 10.6 Å². The number of carbonyl (C=O) groups is 3. The molecule has 0 spiro atoms. The third-order valence-electron chi connectivity index (χ3n) is 5.57. The van der Waals surface area contributed by atoms with Gasteiger partial charge >= 0.3 is 0 Å². The van der Waals surface area contributed by atoms with Crippen LogP contribution in [-0.2, 0) is 16.0 Å². The Kier molecular flexibility index (Phi) is 7.02. The Morgan fingerprint density at radius 3 is 2.06 bits per heavy atom. The second-order valence-electron chi connectivity index (χ2n) is 8.25. The Morgan fingerprint density at radius 2 is 1.40 bits per heavy atom. The first-order chi connectivity index (χ1) is 16.7. The molecule has 0 saturated carbocycles. The molecule has 8 heteroatoms. The number of Topliss-reactive ketones (excluding diaryl/α,β-unsaturated/α-hetero) is 1. The number of hydrogen-bond donors (Lipinski definition) is 2. The zero-order valence-corrected chi connectivity index (χ0v) is 21.1. The predicted molar refractivity (Wildman–Crippen MR) is 140 cm³/mol. The van der Waals surface area contributed by atoms with Gasteiger partial charge in [0, 0.05) is 15.8 Å². The Bertz CT molecular complexity index is 1460. The number of aromatic nitrogens is 2. The summed E-state index contributed by atoms with van der Waals surface area (Å²) in [6, 6.07) is 18.1. The fourth-order valence-electron chi connectivity index (χ4n) is 3.76. The van der Waals surface area contributed by atoms with Crippen molar-refractivity contribution < 1.29 is 14.4 Å². The molecule has 7 nitrogen and oxygen atoms in total. The maximum atomic E-state index is 13.2. The van der Waals surface area contributed by atoms with Crippen LogP contribution in [0, 0.1) is 20.8 Å². The van der Waals surface area contributed by atoms with Crippen LogP contribution in [0.15, 0.2) is 65.1 Å². The number of nitrogens with one attached hydrogen (secondary N) is 2. The minimum Gasteiger partial charge on any atom is -0.320 e. The molecule has 0 radical (unpaired) electrons. The number of benzene rings is 3. The third kappa shape index (κ3) is 5.44. The topological polar surface area (TPSA) is 101 Å². The number of para-hydroxylation sites is 3. The van der Waals surface area contributed by atoms with E-state index < -0.39 is 17.6 Å². The third-order valence-corrected chi connectivity index (χ3v) is 6.03. The summed E-state index contributed by atoms with van der Waals surface area (Å²) >= 11 is 3.42. The number of ketones is 1. The van der Waals surface area contributed by atoms with Gasteiger partial charge in [-0.3, -0.25) is 14.4 Å². The number of anilines is 2. The van der Waals surface area contributed by atoms with Crippen LogP contribution < -0.4 is 10.6 Å². The highest BCUT2D eigenvalue weighted by Gasteiger charge is 2.23. The lowest BCUT2D eigenvalue weighted by Crippen LogP contribution is -2.27. The quantitative estimate of drug-likeness (QED) is 0.328. The smallest absolute Gasteiger partial charge is 0.292 e. The highest BCUT2D eigenvalue weighted by molar-refractivity contribution is 9.10. The van der Waals surface area contributed by atoms with Crippen LogP contribution in [0.5, 0.6) is 0 Å². The van der Waals surface area contributed by atoms with Gasteiger partial charge in [-0.25, -0.2) is 9.97 Å². The Hall–Kier alpha value is -3.91. The average Bonchev–Trinajstić information content (AvgIpc) is 2.82. The van der Waals surface area contributed by atoms with E-state index in [1.165, 1.54) is 0 Å². The van der Waals surface area contributed by atoms with Gasteiger partial charge in [-0.2, -0.15) is 0 Å². The van der Waals surface area contributed by atoms with Gasteiger partial charge in [0.1, 0.15) is 0 Å². The van der Waals surface area contributed by atoms with Crippen molar-refractivity contribution in [3.63, 3.8) is 0 Å². The van der Waals surface area contributed by atoms with Crippen molar-refractivity contribution in [1.82, 2.24) is 9.97 Å². The number of aryl methyl sites for hydroxylation is 3. The lowest BCUT2D eigenvalue weighted by Gasteiger charge is -2.13. The number of nitrogens with zero attached hydrogens (tertiary/aromatic N) is 2. The molecule has 1 heterocycles. The summed E-state index contributed by atoms with van der Waals surface area (Å²) in [6.07, 6.45) is -0.366. The highest BCUT2D eigenvalue weighted by Crippen LogP contribution is 2.25. The minimum atomic E-state index is -0.779. The zero-order valence-electron chi connectivity index (χ0n) is 19.5. The lowest BCUT2D eigenvalue weighted by atomic mass is 10.1. The molecule has 0 aliphatic carbocycles. The average molecular weight is 531 g/mol. The Morgan fingerprint density at radius 1 is 0.800 bits per heavy atom. The summed E-state index contributed by atoms with van der Waals surface area (Å²) in [5.74, 6) is -2.00. The molecule has 0 aliphatic heterocycles. The minimum absolute atomic E-state index is 0.00380. The molecular weight excluding hydrogens is 508 g/mol. The van der Waals surface area contributed by atoms with Crippen molar-refractivity contribution in [2.75, 3.05) is 10.6 Å². The monoisotopic (exact) mass is 530 g/mol. The summed E-state index contributed by atoms with van der Waals surface area (Å²) in [5.41, 5.74) is 4.92. The molecule has 1 aromatic heterocycles. The van der Waals surface area contributed by atoms with Crippen LogP contribution in [0.1, 0.15) is 32.9 Å². The van der Waals surface area contributed by atoms with E-state index in [2.05, 4.69) is 36.5 Å². The highest BCUT2D eigenvalue weighted by atomic mass is 79.9. The zero-order chi connectivity index (χ0) is 25.1. The van der Waals surface area contributed by atoms with Gasteiger partial charge in [0.05, 0.1) is 23.1 Å². The molecule has 0 saturated heterocycles. The van der Waals surface area contributed by atoms with E-state index >= 15 is 0 Å². The van der Waals surface area contributed by atoms with E-state index in [9.17, 15) is 14.4 Å². The number of halogens is 1. The second kappa shape index (κ2) is 10.1. The summed E-state index contributed by atoms with van der Waals surface area (Å²) in [6.45, 7) is 5.57. The predicted octanol–water partition coefficient (Wildman–Crippen LogP) is 5.32. The van der Waals surface area contributed by atoms with Gasteiger partial charge in [0.15, 0.2) is 5.69 Å². The van der Waals surface area contributed by atoms with Gasteiger partial charge in [0.25, 0.3) is 11.8 Å². The molecule has 176 valence electrons. The molecule has 0 atom stereocenters. The maximum Gasteiger partial charge on any atom is 0.292 e. The summed E-state index contributed by atoms with van der Waals surface area (Å²) < 4.78 is 0.882. The summed E-state index contributed by atoms with van der Waals surface area (Å²) in [7, 11) is 0. The van der Waals surface area contributed by atoms with Gasteiger partial charge in [-0.05, 0) is 67.8 Å². The SMILES string of the molecule is Cc1ccccc1NC(=O)c1nc2ccccc2nc1CC(=O)C(=O)Nc1c(C)cc(Br)cc1C. The number of rotatable bonds is 6. The number of fused-ring (bicyclic) bond motifs is 1. The molecule has 0 fully saturated rings. The van der Waals surface area contributed by atoms with E-state index in [4.69, 9.17) is 0 Å². The lowest BCUT2D eigenvalue weighted by molar-refractivity contribution is -0.134. The summed E-state index contributed by atoms with van der Waals surface area (Å²) in [4.78, 5) is 47.8. The van der Waals surface area contributed by atoms with Crippen molar-refractivity contribution in [2.45, 2.75) is 27.2 Å². The molecule has 3 aromatic carbocycles. The van der Waals surface area contributed by atoms with Gasteiger partial charge in [-0.15, -0.1) is 0 Å². The van der Waals surface area contributed by atoms with E-state index in [-0.39, 0.29) is 17.8 Å². The molecule has 0 bridgehead atoms. The molecule has 2 amide bonds. The standard InChI is InChI=1S/C27H23BrN4O3/c1-15-8-4-5-9-19(15)31-27(35)25-22(29-20-10-6-7-11-21(20)30-25)14-23(33)26(34)32-24-16(2)12-18(28)13-17(24)3/h4-13H,14H2,1-3H3,(H,31,35)(H,32,34). The van der Waals surface area contributed by atoms with Gasteiger partial charge in [0.2, 0.25) is 5.78 Å². The fraction of sp³-hybridized carbons (Fsp3) is 0.148. The van der Waals surface area contributed by atoms with Crippen LogP contribution in [-0.4, -0.2) is 27.6 Å². The first-order valence-corrected chi connectivity index (χ1v) is 11.8. The fourth-order valence-corrected chi connectivity index (χ4v) is 4.45. The number of hydrogen-bond acceptors (Lipinski definition) is 5. The van der Waals surface area contributed by atoms with Crippen molar-refractivity contribution >= 4 is 55.9 Å². The van der Waals surface area contributed by atoms with Crippen LogP contribution in [0.3, 0.4) is 0 Å². The first kappa shape index (κ1) is 24.2. The largest absolute Gasteiger partial charge is 0.320 e. The Balaban J connectivity index is 1.63. The van der Waals surface area contributed by atoms with Crippen LogP contribution >= 0.6 is 15.9 Å². The van der Waals surface area contributed by atoms with Crippen LogP contribution in [0.2, 0.25) is 0 Å². The van der Waals surface area contributed by atoms with Crippen LogP contribution in [0.4, 0.5) is 11.4 Å². The molecule has 35 heavy (non-hydrogen) atoms. The summed E-state index contributed by atoms with van der Waals surface area (Å²) in [5, 5.41) is 5.54. The first-order valence-electron chi connectivity index (χ1n) is 11.0. The van der Waals surface area contributed by atoms with E-state index in [1.807, 2.05) is 51.1 Å². The van der Waals surface area contributed by atoms with Crippen molar-refractivity contribution in [2.24, 2.45) is 0 Å². The maximum absolute atomic E-state index is 13.2. The normalized spacial score (nSPS) is 10.7. The van der Waals surface area contributed by atoms with Gasteiger partial charge in [-0.1, -0.05) is 46.3 Å². The molecule has 4 aromatic rings. The molecule has 0 unspecified atom stereocenters. The van der Waals surface area contributed by atoms with Crippen molar-refractivity contribution in [3.05, 3.63) is 93.2 Å².